The number of halogens is 1. The van der Waals surface area contributed by atoms with Crippen LogP contribution in [0.5, 0.6) is 5.75 Å². The van der Waals surface area contributed by atoms with Gasteiger partial charge in [-0.2, -0.15) is 0 Å². The molecule has 1 aliphatic rings. The highest BCUT2D eigenvalue weighted by atomic mass is 35.5. The molecule has 0 aromatic heterocycles. The molecule has 62 valence electrons. The van der Waals surface area contributed by atoms with Crippen molar-refractivity contribution in [2.75, 3.05) is 0 Å². The van der Waals surface area contributed by atoms with E-state index in [1.165, 1.54) is 0 Å². The molecule has 0 amide bonds. The molecule has 1 unspecified atom stereocenters. The molecule has 12 heavy (non-hydrogen) atoms. The lowest BCUT2D eigenvalue weighted by Gasteiger charge is -2.18. The van der Waals surface area contributed by atoms with Crippen LogP contribution in [0.4, 0.5) is 0 Å². The number of benzene rings is 1. The van der Waals surface area contributed by atoms with Crippen molar-refractivity contribution in [1.29, 1.82) is 0 Å². The molecule has 0 radical (unpaired) electrons. The van der Waals surface area contributed by atoms with Crippen molar-refractivity contribution in [1.82, 2.24) is 0 Å². The van der Waals surface area contributed by atoms with Crippen LogP contribution in [0.2, 0.25) is 0 Å². The Kier molecular flexibility index (Phi) is 1.77. The molecule has 2 rings (SSSR count). The highest BCUT2D eigenvalue weighted by molar-refractivity contribution is 6.30. The third-order valence-corrected chi connectivity index (χ3v) is 2.17. The summed E-state index contributed by atoms with van der Waals surface area (Å²) in [6.45, 7) is 0. The van der Waals surface area contributed by atoms with E-state index in [1.54, 1.807) is 6.07 Å². The lowest BCUT2D eigenvalue weighted by atomic mass is 10.1. The van der Waals surface area contributed by atoms with Crippen LogP contribution in [-0.4, -0.2) is 11.3 Å². The predicted molar refractivity (Wildman–Crippen MR) is 45.4 cm³/mol. The van der Waals surface area contributed by atoms with Gasteiger partial charge in [0.15, 0.2) is 0 Å². The highest BCUT2D eigenvalue weighted by Gasteiger charge is 2.25. The van der Waals surface area contributed by atoms with Gasteiger partial charge in [-0.15, -0.1) is 11.6 Å². The van der Waals surface area contributed by atoms with Gasteiger partial charge in [0.25, 0.3) is 0 Å². The fraction of sp³-hybridized carbons (Fsp3) is 0.222. The van der Waals surface area contributed by atoms with E-state index in [9.17, 15) is 4.79 Å². The Bertz CT molecular complexity index is 322. The average molecular weight is 183 g/mol. The van der Waals surface area contributed by atoms with E-state index >= 15 is 0 Å². The standard InChI is InChI=1S/C9H7ClO2/c10-7-5-6-3-1-2-4-8(6)12-9(7)11/h1-4,7H,5H2. The maximum atomic E-state index is 11.0. The predicted octanol–water partition coefficient (Wildman–Crippen LogP) is 1.76. The number of hydrogen-bond acceptors (Lipinski definition) is 2. The fourth-order valence-corrected chi connectivity index (χ4v) is 1.43. The van der Waals surface area contributed by atoms with Gasteiger partial charge >= 0.3 is 5.97 Å². The molecule has 1 aromatic carbocycles. The second kappa shape index (κ2) is 2.79. The van der Waals surface area contributed by atoms with Crippen LogP contribution < -0.4 is 4.74 Å². The number of carbonyl (C=O) groups excluding carboxylic acids is 1. The number of ether oxygens (including phenoxy) is 1. The van der Waals surface area contributed by atoms with E-state index in [-0.39, 0.29) is 5.97 Å². The van der Waals surface area contributed by atoms with Gasteiger partial charge in [-0.3, -0.25) is 4.79 Å². The summed E-state index contributed by atoms with van der Waals surface area (Å²) in [4.78, 5) is 11.0. The Labute approximate surface area is 75.1 Å². The number of carbonyl (C=O) groups is 1. The molecule has 1 aliphatic heterocycles. The summed E-state index contributed by atoms with van der Waals surface area (Å²) in [6.07, 6.45) is 0.566. The quantitative estimate of drug-likeness (QED) is 0.347. The monoisotopic (exact) mass is 182 g/mol. The first kappa shape index (κ1) is 7.62. The smallest absolute Gasteiger partial charge is 0.329 e. The topological polar surface area (TPSA) is 26.3 Å². The second-order valence-corrected chi connectivity index (χ2v) is 3.23. The van der Waals surface area contributed by atoms with E-state index in [1.807, 2.05) is 18.2 Å². The van der Waals surface area contributed by atoms with E-state index < -0.39 is 5.38 Å². The molecule has 0 aliphatic carbocycles. The molecule has 0 bridgehead atoms. The number of hydrogen-bond donors (Lipinski definition) is 0. The van der Waals surface area contributed by atoms with E-state index in [4.69, 9.17) is 16.3 Å². The average Bonchev–Trinajstić information content (AvgIpc) is 2.07. The van der Waals surface area contributed by atoms with Crippen molar-refractivity contribution in [3.8, 4) is 5.75 Å². The summed E-state index contributed by atoms with van der Waals surface area (Å²) in [5.74, 6) is 0.287. The Hall–Kier alpha value is -1.02. The van der Waals surface area contributed by atoms with Crippen LogP contribution in [0.25, 0.3) is 0 Å². The van der Waals surface area contributed by atoms with E-state index in [0.29, 0.717) is 12.2 Å². The molecule has 0 fully saturated rings. The van der Waals surface area contributed by atoms with Gasteiger partial charge in [0.05, 0.1) is 0 Å². The Balaban J connectivity index is 2.40. The van der Waals surface area contributed by atoms with Gasteiger partial charge in [0, 0.05) is 6.42 Å². The Morgan fingerprint density at radius 2 is 2.17 bits per heavy atom. The first-order chi connectivity index (χ1) is 5.77. The van der Waals surface area contributed by atoms with Crippen LogP contribution in [0, 0.1) is 0 Å². The summed E-state index contributed by atoms with van der Waals surface area (Å²) in [7, 11) is 0. The molecule has 0 N–H and O–H groups in total. The third-order valence-electron chi connectivity index (χ3n) is 1.84. The highest BCUT2D eigenvalue weighted by Crippen LogP contribution is 2.26. The maximum Gasteiger partial charge on any atom is 0.329 e. The fourth-order valence-electron chi connectivity index (χ4n) is 1.22. The van der Waals surface area contributed by atoms with Crippen LogP contribution in [0.3, 0.4) is 0 Å². The first-order valence-electron chi connectivity index (χ1n) is 3.71. The van der Waals surface area contributed by atoms with Crippen molar-refractivity contribution >= 4 is 17.6 Å². The number of fused-ring (bicyclic) bond motifs is 1. The maximum absolute atomic E-state index is 11.0. The molecule has 0 spiro atoms. The SMILES string of the molecule is O=C1Oc2ccccc2CC1Cl. The van der Waals surface area contributed by atoms with Crippen LogP contribution in [0.1, 0.15) is 5.56 Å². The molecule has 2 nitrogen and oxygen atoms in total. The van der Waals surface area contributed by atoms with Crippen LogP contribution in [0.15, 0.2) is 24.3 Å². The van der Waals surface area contributed by atoms with Gasteiger partial charge < -0.3 is 4.74 Å². The number of esters is 1. The van der Waals surface area contributed by atoms with Crippen molar-refractivity contribution in [3.05, 3.63) is 29.8 Å². The molecular formula is C9H7ClO2. The zero-order valence-electron chi connectivity index (χ0n) is 6.29. The minimum Gasteiger partial charge on any atom is -0.425 e. The first-order valence-corrected chi connectivity index (χ1v) is 4.14. The van der Waals surface area contributed by atoms with Gasteiger partial charge in [-0.05, 0) is 11.6 Å². The molecular weight excluding hydrogens is 176 g/mol. The largest absolute Gasteiger partial charge is 0.425 e. The van der Waals surface area contributed by atoms with Crippen molar-refractivity contribution < 1.29 is 9.53 Å². The zero-order chi connectivity index (χ0) is 8.55. The summed E-state index contributed by atoms with van der Waals surface area (Å²) in [6, 6.07) is 7.43. The van der Waals surface area contributed by atoms with Gasteiger partial charge in [0.2, 0.25) is 0 Å². The molecule has 0 saturated heterocycles. The minimum atomic E-state index is -0.528. The van der Waals surface area contributed by atoms with Gasteiger partial charge in [-0.1, -0.05) is 18.2 Å². The lowest BCUT2D eigenvalue weighted by Crippen LogP contribution is -2.27. The molecule has 1 atom stereocenters. The summed E-state index contributed by atoms with van der Waals surface area (Å²) in [5.41, 5.74) is 0.997. The number of alkyl halides is 1. The summed E-state index contributed by atoms with van der Waals surface area (Å²) in [5, 5.41) is -0.528. The molecule has 1 heterocycles. The van der Waals surface area contributed by atoms with Crippen molar-refractivity contribution in [2.45, 2.75) is 11.8 Å². The lowest BCUT2D eigenvalue weighted by molar-refractivity contribution is -0.134. The van der Waals surface area contributed by atoms with Gasteiger partial charge in [-0.25, -0.2) is 0 Å². The van der Waals surface area contributed by atoms with Gasteiger partial charge in [0.1, 0.15) is 11.1 Å². The van der Waals surface area contributed by atoms with Crippen LogP contribution >= 0.6 is 11.6 Å². The zero-order valence-corrected chi connectivity index (χ0v) is 7.04. The Morgan fingerprint density at radius 3 is 3.00 bits per heavy atom. The minimum absolute atomic E-state index is 0.352. The molecule has 3 heteroatoms. The van der Waals surface area contributed by atoms with Crippen molar-refractivity contribution in [3.63, 3.8) is 0 Å². The molecule has 1 aromatic rings. The number of para-hydroxylation sites is 1. The van der Waals surface area contributed by atoms with Crippen molar-refractivity contribution in [2.24, 2.45) is 0 Å². The number of rotatable bonds is 0. The third kappa shape index (κ3) is 1.18. The second-order valence-electron chi connectivity index (χ2n) is 2.70. The molecule has 0 saturated carbocycles. The van der Waals surface area contributed by atoms with E-state index in [2.05, 4.69) is 0 Å². The Morgan fingerprint density at radius 1 is 1.42 bits per heavy atom. The summed E-state index contributed by atoms with van der Waals surface area (Å²) < 4.78 is 4.97. The summed E-state index contributed by atoms with van der Waals surface area (Å²) >= 11 is 5.72. The normalized spacial score (nSPS) is 21.4. The van der Waals surface area contributed by atoms with E-state index in [0.717, 1.165) is 5.56 Å². The van der Waals surface area contributed by atoms with Crippen LogP contribution in [-0.2, 0) is 11.2 Å².